The largest absolute Gasteiger partial charge is 0.495 e. The van der Waals surface area contributed by atoms with Crippen LogP contribution in [0.4, 0.5) is 17.2 Å². The fourth-order valence-electron chi connectivity index (χ4n) is 2.65. The molecule has 0 bridgehead atoms. The van der Waals surface area contributed by atoms with E-state index in [0.29, 0.717) is 33.6 Å². The summed E-state index contributed by atoms with van der Waals surface area (Å²) in [6.45, 7) is 0. The van der Waals surface area contributed by atoms with Crippen LogP contribution in [0.5, 0.6) is 11.5 Å². The summed E-state index contributed by atoms with van der Waals surface area (Å²) < 4.78 is 10.6. The highest BCUT2D eigenvalue weighted by Crippen LogP contribution is 2.37. The second-order valence-electron chi connectivity index (χ2n) is 5.94. The highest BCUT2D eigenvalue weighted by atomic mass is 35.5. The van der Waals surface area contributed by atoms with Gasteiger partial charge in [0.1, 0.15) is 17.3 Å². The Kier molecular flexibility index (Phi) is 6.01. The van der Waals surface area contributed by atoms with E-state index in [-0.39, 0.29) is 5.91 Å². The standard InChI is InChI=1S/C21H20ClN3O3/c1-25(15-7-5-4-6-8-15)21(26)14-9-10-20(23-13-14)24-17-12-18(27-2)16(22)11-19(17)28-3/h4-13H,1-3H3,(H,23,24). The fourth-order valence-corrected chi connectivity index (χ4v) is 2.88. The molecule has 0 aliphatic carbocycles. The third kappa shape index (κ3) is 4.18. The normalized spacial score (nSPS) is 10.3. The zero-order valence-corrected chi connectivity index (χ0v) is 16.5. The molecule has 1 amide bonds. The number of aromatic nitrogens is 1. The van der Waals surface area contributed by atoms with Gasteiger partial charge in [-0.2, -0.15) is 0 Å². The first-order chi connectivity index (χ1) is 13.5. The van der Waals surface area contributed by atoms with Crippen molar-refractivity contribution in [3.8, 4) is 11.5 Å². The maximum Gasteiger partial charge on any atom is 0.259 e. The third-order valence-corrected chi connectivity index (χ3v) is 4.49. The van der Waals surface area contributed by atoms with Gasteiger partial charge in [-0.05, 0) is 24.3 Å². The SMILES string of the molecule is COc1cc(Nc2ccc(C(=O)N(C)c3ccccc3)cn2)c(OC)cc1Cl. The number of halogens is 1. The number of nitrogens with zero attached hydrogens (tertiary/aromatic N) is 2. The molecule has 0 saturated carbocycles. The first-order valence-corrected chi connectivity index (χ1v) is 8.89. The molecule has 1 aromatic heterocycles. The quantitative estimate of drug-likeness (QED) is 0.649. The van der Waals surface area contributed by atoms with Crippen molar-refractivity contribution < 1.29 is 14.3 Å². The zero-order valence-electron chi connectivity index (χ0n) is 15.8. The van der Waals surface area contributed by atoms with E-state index in [9.17, 15) is 4.79 Å². The highest BCUT2D eigenvalue weighted by Gasteiger charge is 2.15. The summed E-state index contributed by atoms with van der Waals surface area (Å²) in [7, 11) is 4.83. The number of carbonyl (C=O) groups is 1. The van der Waals surface area contributed by atoms with Crippen LogP contribution < -0.4 is 19.7 Å². The van der Waals surface area contributed by atoms with Gasteiger partial charge in [-0.3, -0.25) is 4.79 Å². The van der Waals surface area contributed by atoms with Gasteiger partial charge in [0.2, 0.25) is 0 Å². The molecule has 0 spiro atoms. The number of hydrogen-bond acceptors (Lipinski definition) is 5. The minimum atomic E-state index is -0.143. The van der Waals surface area contributed by atoms with Crippen molar-refractivity contribution in [3.63, 3.8) is 0 Å². The number of methoxy groups -OCH3 is 2. The van der Waals surface area contributed by atoms with E-state index in [1.807, 2.05) is 30.3 Å². The van der Waals surface area contributed by atoms with E-state index in [1.165, 1.54) is 6.20 Å². The molecule has 0 fully saturated rings. The Morgan fingerprint density at radius 2 is 1.75 bits per heavy atom. The lowest BCUT2D eigenvalue weighted by molar-refractivity contribution is 0.0992. The summed E-state index contributed by atoms with van der Waals surface area (Å²) >= 11 is 6.13. The number of benzene rings is 2. The van der Waals surface area contributed by atoms with Crippen molar-refractivity contribution in [1.29, 1.82) is 0 Å². The van der Waals surface area contributed by atoms with Gasteiger partial charge in [0.05, 0.1) is 30.5 Å². The van der Waals surface area contributed by atoms with E-state index in [4.69, 9.17) is 21.1 Å². The van der Waals surface area contributed by atoms with Crippen molar-refractivity contribution >= 4 is 34.7 Å². The van der Waals surface area contributed by atoms with Crippen molar-refractivity contribution in [3.05, 3.63) is 71.4 Å². The number of rotatable bonds is 6. The first-order valence-electron chi connectivity index (χ1n) is 8.51. The van der Waals surface area contributed by atoms with Crippen molar-refractivity contribution in [1.82, 2.24) is 4.98 Å². The molecule has 0 saturated heterocycles. The smallest absolute Gasteiger partial charge is 0.259 e. The van der Waals surface area contributed by atoms with Crippen LogP contribution in [0.1, 0.15) is 10.4 Å². The predicted octanol–water partition coefficient (Wildman–Crippen LogP) is 4.77. The van der Waals surface area contributed by atoms with Crippen LogP contribution in [0.15, 0.2) is 60.8 Å². The second kappa shape index (κ2) is 8.63. The average Bonchev–Trinajstić information content (AvgIpc) is 2.74. The summed E-state index contributed by atoms with van der Waals surface area (Å²) in [5.74, 6) is 1.48. The van der Waals surface area contributed by atoms with Crippen molar-refractivity contribution in [2.45, 2.75) is 0 Å². The van der Waals surface area contributed by atoms with Crippen LogP contribution in [0.2, 0.25) is 5.02 Å². The van der Waals surface area contributed by atoms with E-state index in [0.717, 1.165) is 5.69 Å². The number of para-hydroxylation sites is 1. The Labute approximate surface area is 168 Å². The maximum absolute atomic E-state index is 12.7. The molecule has 2 aromatic carbocycles. The van der Waals surface area contributed by atoms with Gasteiger partial charge < -0.3 is 19.7 Å². The Morgan fingerprint density at radius 3 is 2.36 bits per heavy atom. The lowest BCUT2D eigenvalue weighted by Crippen LogP contribution is -2.26. The van der Waals surface area contributed by atoms with Gasteiger partial charge in [-0.1, -0.05) is 29.8 Å². The first kappa shape index (κ1) is 19.5. The minimum absolute atomic E-state index is 0.143. The summed E-state index contributed by atoms with van der Waals surface area (Å²) in [5.41, 5.74) is 1.95. The van der Waals surface area contributed by atoms with Crippen LogP contribution in [0.25, 0.3) is 0 Å². The van der Waals surface area contributed by atoms with E-state index in [1.54, 1.807) is 50.4 Å². The van der Waals surface area contributed by atoms with E-state index in [2.05, 4.69) is 10.3 Å². The number of carbonyl (C=O) groups excluding carboxylic acids is 1. The number of anilines is 3. The van der Waals surface area contributed by atoms with Crippen molar-refractivity contribution in [2.24, 2.45) is 0 Å². The average molecular weight is 398 g/mol. The highest BCUT2D eigenvalue weighted by molar-refractivity contribution is 6.32. The summed E-state index contributed by atoms with van der Waals surface area (Å²) in [4.78, 5) is 18.6. The van der Waals surface area contributed by atoms with Crippen LogP contribution in [-0.2, 0) is 0 Å². The molecule has 0 unspecified atom stereocenters. The van der Waals surface area contributed by atoms with Gasteiger partial charge in [0.15, 0.2) is 0 Å². The van der Waals surface area contributed by atoms with Gasteiger partial charge in [0.25, 0.3) is 5.91 Å². The Hall–Kier alpha value is -3.25. The Morgan fingerprint density at radius 1 is 1.04 bits per heavy atom. The van der Waals surface area contributed by atoms with Crippen LogP contribution >= 0.6 is 11.6 Å². The number of hydrogen-bond donors (Lipinski definition) is 1. The monoisotopic (exact) mass is 397 g/mol. The molecule has 1 heterocycles. The van der Waals surface area contributed by atoms with Crippen LogP contribution in [0, 0.1) is 0 Å². The molecule has 1 N–H and O–H groups in total. The van der Waals surface area contributed by atoms with Crippen molar-refractivity contribution in [2.75, 3.05) is 31.5 Å². The lowest BCUT2D eigenvalue weighted by Gasteiger charge is -2.17. The topological polar surface area (TPSA) is 63.7 Å². The molecule has 0 radical (unpaired) electrons. The third-order valence-electron chi connectivity index (χ3n) is 4.20. The fraction of sp³-hybridized carbons (Fsp3) is 0.143. The molecule has 0 aliphatic heterocycles. The molecule has 0 aliphatic rings. The zero-order chi connectivity index (χ0) is 20.1. The van der Waals surface area contributed by atoms with Gasteiger partial charge in [-0.15, -0.1) is 0 Å². The van der Waals surface area contributed by atoms with Crippen LogP contribution in [-0.4, -0.2) is 32.2 Å². The number of nitrogens with one attached hydrogen (secondary N) is 1. The summed E-state index contributed by atoms with van der Waals surface area (Å²) in [6.07, 6.45) is 1.53. The number of amides is 1. The van der Waals surface area contributed by atoms with Gasteiger partial charge >= 0.3 is 0 Å². The van der Waals surface area contributed by atoms with Gasteiger partial charge in [-0.25, -0.2) is 4.98 Å². The number of ether oxygens (including phenoxy) is 2. The minimum Gasteiger partial charge on any atom is -0.495 e. The van der Waals surface area contributed by atoms with E-state index >= 15 is 0 Å². The Bertz CT molecular complexity index is 963. The molecule has 7 heteroatoms. The predicted molar refractivity (Wildman–Crippen MR) is 111 cm³/mol. The Balaban J connectivity index is 1.79. The summed E-state index contributed by atoms with van der Waals surface area (Å²) in [6, 6.07) is 16.3. The molecule has 3 aromatic rings. The molecule has 3 rings (SSSR count). The molecular formula is C21H20ClN3O3. The molecule has 28 heavy (non-hydrogen) atoms. The van der Waals surface area contributed by atoms with Gasteiger partial charge in [0, 0.05) is 31.1 Å². The summed E-state index contributed by atoms with van der Waals surface area (Å²) in [5, 5.41) is 3.60. The maximum atomic E-state index is 12.7. The second-order valence-corrected chi connectivity index (χ2v) is 6.35. The molecule has 6 nitrogen and oxygen atoms in total. The molecular weight excluding hydrogens is 378 g/mol. The lowest BCUT2D eigenvalue weighted by atomic mass is 10.2. The molecule has 0 atom stereocenters. The van der Waals surface area contributed by atoms with E-state index < -0.39 is 0 Å². The molecule has 144 valence electrons. The number of pyridine rings is 1. The van der Waals surface area contributed by atoms with Crippen LogP contribution in [0.3, 0.4) is 0 Å².